The number of rotatable bonds is 6. The van der Waals surface area contributed by atoms with Gasteiger partial charge in [0.2, 0.25) is 0 Å². The van der Waals surface area contributed by atoms with Gasteiger partial charge in [0, 0.05) is 12.6 Å². The summed E-state index contributed by atoms with van der Waals surface area (Å²) in [6.45, 7) is 7.16. The molecule has 2 heteroatoms. The van der Waals surface area contributed by atoms with E-state index in [1.165, 1.54) is 5.56 Å². The zero-order valence-electron chi connectivity index (χ0n) is 11.0. The highest BCUT2D eigenvalue weighted by Crippen LogP contribution is 2.21. The highest BCUT2D eigenvalue weighted by Gasteiger charge is 2.13. The van der Waals surface area contributed by atoms with Gasteiger partial charge in [-0.2, -0.15) is 5.26 Å². The van der Waals surface area contributed by atoms with Gasteiger partial charge in [-0.15, -0.1) is 0 Å². The molecule has 92 valence electrons. The van der Waals surface area contributed by atoms with E-state index in [0.29, 0.717) is 12.0 Å². The molecule has 0 saturated heterocycles. The number of nitriles is 1. The minimum Gasteiger partial charge on any atom is -0.309 e. The Bertz CT molecular complexity index is 351. The number of nitrogens with zero attached hydrogens (tertiary/aromatic N) is 1. The summed E-state index contributed by atoms with van der Waals surface area (Å²) in [4.78, 5) is 0. The van der Waals surface area contributed by atoms with Gasteiger partial charge in [0.25, 0.3) is 0 Å². The van der Waals surface area contributed by atoms with Crippen LogP contribution in [-0.4, -0.2) is 6.54 Å². The van der Waals surface area contributed by atoms with Gasteiger partial charge in [-0.25, -0.2) is 0 Å². The predicted octanol–water partition coefficient (Wildman–Crippen LogP) is 3.52. The molecule has 0 amide bonds. The van der Waals surface area contributed by atoms with Gasteiger partial charge >= 0.3 is 0 Å². The highest BCUT2D eigenvalue weighted by atomic mass is 14.9. The molecule has 0 bridgehead atoms. The van der Waals surface area contributed by atoms with Crippen LogP contribution in [0.2, 0.25) is 0 Å². The molecular weight excluding hydrogens is 208 g/mol. The molecule has 0 aliphatic heterocycles. The number of hydrogen-bond acceptors (Lipinski definition) is 2. The van der Waals surface area contributed by atoms with E-state index >= 15 is 0 Å². The summed E-state index contributed by atoms with van der Waals surface area (Å²) >= 11 is 0. The first-order chi connectivity index (χ1) is 8.13. The van der Waals surface area contributed by atoms with Gasteiger partial charge in [-0.1, -0.05) is 44.2 Å². The van der Waals surface area contributed by atoms with Crippen molar-refractivity contribution in [2.75, 3.05) is 6.54 Å². The fourth-order valence-electron chi connectivity index (χ4n) is 1.86. The second kappa shape index (κ2) is 7.09. The Labute approximate surface area is 105 Å². The lowest BCUT2D eigenvalue weighted by molar-refractivity contribution is 0.416. The quantitative estimate of drug-likeness (QED) is 0.811. The van der Waals surface area contributed by atoms with Gasteiger partial charge in [-0.3, -0.25) is 0 Å². The predicted molar refractivity (Wildman–Crippen MR) is 71.4 cm³/mol. The van der Waals surface area contributed by atoms with Crippen molar-refractivity contribution in [1.29, 1.82) is 5.26 Å². The fraction of sp³-hybridized carbons (Fsp3) is 0.533. The van der Waals surface area contributed by atoms with Crippen LogP contribution in [0, 0.1) is 23.2 Å². The molecule has 2 unspecified atom stereocenters. The minimum atomic E-state index is 0.0633. The molecule has 1 aromatic carbocycles. The number of nitrogens with one attached hydrogen (secondary N) is 1. The molecule has 0 heterocycles. The van der Waals surface area contributed by atoms with Crippen molar-refractivity contribution in [3.63, 3.8) is 0 Å². The smallest absolute Gasteiger partial charge is 0.0666 e. The molecule has 1 rings (SSSR count). The van der Waals surface area contributed by atoms with Crippen LogP contribution < -0.4 is 5.32 Å². The maximum absolute atomic E-state index is 8.81. The summed E-state index contributed by atoms with van der Waals surface area (Å²) in [5.41, 5.74) is 1.31. The molecule has 0 saturated carbocycles. The Balaban J connectivity index is 2.65. The Morgan fingerprint density at radius 1 is 1.18 bits per heavy atom. The summed E-state index contributed by atoms with van der Waals surface area (Å²) in [7, 11) is 0. The first-order valence-corrected chi connectivity index (χ1v) is 6.31. The van der Waals surface area contributed by atoms with Crippen molar-refractivity contribution in [3.05, 3.63) is 35.9 Å². The van der Waals surface area contributed by atoms with Crippen molar-refractivity contribution < 1.29 is 0 Å². The van der Waals surface area contributed by atoms with Gasteiger partial charge < -0.3 is 5.32 Å². The Morgan fingerprint density at radius 2 is 1.82 bits per heavy atom. The van der Waals surface area contributed by atoms with Crippen LogP contribution in [0.25, 0.3) is 0 Å². The van der Waals surface area contributed by atoms with Crippen LogP contribution in [0.15, 0.2) is 30.3 Å². The molecule has 17 heavy (non-hydrogen) atoms. The van der Waals surface area contributed by atoms with Crippen LogP contribution >= 0.6 is 0 Å². The first-order valence-electron chi connectivity index (χ1n) is 6.31. The zero-order chi connectivity index (χ0) is 12.7. The van der Waals surface area contributed by atoms with Gasteiger partial charge in [0.1, 0.15) is 0 Å². The SMILES string of the molecule is CC(C)CC(NCC(C)C#N)c1ccccc1. The van der Waals surface area contributed by atoms with Crippen molar-refractivity contribution >= 4 is 0 Å². The molecule has 1 aromatic rings. The molecule has 1 N–H and O–H groups in total. The topological polar surface area (TPSA) is 35.8 Å². The fourth-order valence-corrected chi connectivity index (χ4v) is 1.86. The summed E-state index contributed by atoms with van der Waals surface area (Å²) < 4.78 is 0. The van der Waals surface area contributed by atoms with Gasteiger partial charge in [0.15, 0.2) is 0 Å². The van der Waals surface area contributed by atoms with E-state index in [4.69, 9.17) is 5.26 Å². The van der Waals surface area contributed by atoms with E-state index in [1.807, 2.05) is 13.0 Å². The van der Waals surface area contributed by atoms with E-state index in [-0.39, 0.29) is 5.92 Å². The van der Waals surface area contributed by atoms with Crippen LogP contribution in [0.5, 0.6) is 0 Å². The van der Waals surface area contributed by atoms with Crippen molar-refractivity contribution in [2.24, 2.45) is 11.8 Å². The van der Waals surface area contributed by atoms with E-state index < -0.39 is 0 Å². The second-order valence-corrected chi connectivity index (χ2v) is 5.03. The summed E-state index contributed by atoms with van der Waals surface area (Å²) in [6, 6.07) is 13.1. The molecule has 0 radical (unpaired) electrons. The third-order valence-corrected chi connectivity index (χ3v) is 2.80. The van der Waals surface area contributed by atoms with E-state index in [1.54, 1.807) is 0 Å². The zero-order valence-corrected chi connectivity index (χ0v) is 11.0. The van der Waals surface area contributed by atoms with Crippen molar-refractivity contribution in [1.82, 2.24) is 5.32 Å². The first kappa shape index (κ1) is 13.7. The normalized spacial score (nSPS) is 14.3. The minimum absolute atomic E-state index is 0.0633. The van der Waals surface area contributed by atoms with Crippen LogP contribution in [-0.2, 0) is 0 Å². The summed E-state index contributed by atoms with van der Waals surface area (Å²) in [5.74, 6) is 0.707. The van der Waals surface area contributed by atoms with E-state index in [0.717, 1.165) is 13.0 Å². The Hall–Kier alpha value is -1.33. The Morgan fingerprint density at radius 3 is 2.35 bits per heavy atom. The number of benzene rings is 1. The van der Waals surface area contributed by atoms with Crippen molar-refractivity contribution in [2.45, 2.75) is 33.2 Å². The standard InChI is InChI=1S/C15H22N2/c1-12(2)9-15(17-11-13(3)10-16)14-7-5-4-6-8-14/h4-8,12-13,15,17H,9,11H2,1-3H3. The lowest BCUT2D eigenvalue weighted by atomic mass is 9.96. The van der Waals surface area contributed by atoms with E-state index in [2.05, 4.69) is 49.5 Å². The molecule has 0 aliphatic rings. The molecular formula is C15H22N2. The number of hydrogen-bond donors (Lipinski definition) is 1. The third-order valence-electron chi connectivity index (χ3n) is 2.80. The lowest BCUT2D eigenvalue weighted by Gasteiger charge is -2.21. The second-order valence-electron chi connectivity index (χ2n) is 5.03. The monoisotopic (exact) mass is 230 g/mol. The van der Waals surface area contributed by atoms with Crippen LogP contribution in [0.4, 0.5) is 0 Å². The molecule has 0 aromatic heterocycles. The van der Waals surface area contributed by atoms with Crippen LogP contribution in [0.3, 0.4) is 0 Å². The van der Waals surface area contributed by atoms with Crippen LogP contribution in [0.1, 0.15) is 38.8 Å². The van der Waals surface area contributed by atoms with E-state index in [9.17, 15) is 0 Å². The van der Waals surface area contributed by atoms with Gasteiger partial charge in [0.05, 0.1) is 12.0 Å². The highest BCUT2D eigenvalue weighted by molar-refractivity contribution is 5.19. The maximum atomic E-state index is 8.81. The Kier molecular flexibility index (Phi) is 5.72. The molecule has 2 atom stereocenters. The summed E-state index contributed by atoms with van der Waals surface area (Å²) in [5, 5.41) is 12.3. The summed E-state index contributed by atoms with van der Waals surface area (Å²) in [6.07, 6.45) is 1.10. The third kappa shape index (κ3) is 5.01. The molecule has 0 aliphatic carbocycles. The average molecular weight is 230 g/mol. The average Bonchev–Trinajstić information content (AvgIpc) is 2.34. The molecule has 2 nitrogen and oxygen atoms in total. The largest absolute Gasteiger partial charge is 0.309 e. The lowest BCUT2D eigenvalue weighted by Crippen LogP contribution is -2.27. The van der Waals surface area contributed by atoms with Gasteiger partial charge in [-0.05, 0) is 24.8 Å². The molecule has 0 spiro atoms. The van der Waals surface area contributed by atoms with Crippen molar-refractivity contribution in [3.8, 4) is 6.07 Å². The molecule has 0 fully saturated rings. The maximum Gasteiger partial charge on any atom is 0.0666 e.